The monoisotopic (exact) mass is 462 g/mol. The standard InChI is InChI=1S/C21H19ClN2O4S2/c22-19-10-4-5-11-21(19)29(25,26)23-17-13-12-16-7-6-14-24(20(16)15-17)30(27,28)18-8-2-1-3-9-18/h1-5,8-13,15,23H,6-7,14H2. The molecule has 3 aromatic rings. The summed E-state index contributed by atoms with van der Waals surface area (Å²) >= 11 is 6.03. The number of aryl methyl sites for hydroxylation is 1. The number of nitrogens with one attached hydrogen (secondary N) is 1. The second kappa shape index (κ2) is 7.94. The van der Waals surface area contributed by atoms with Gasteiger partial charge in [0.25, 0.3) is 20.0 Å². The van der Waals surface area contributed by atoms with Crippen LogP contribution < -0.4 is 9.03 Å². The Balaban J connectivity index is 1.72. The molecule has 1 aliphatic rings. The Morgan fingerprint density at radius 3 is 2.30 bits per heavy atom. The van der Waals surface area contributed by atoms with E-state index in [2.05, 4.69) is 4.72 Å². The molecule has 30 heavy (non-hydrogen) atoms. The van der Waals surface area contributed by atoms with Gasteiger partial charge in [0.05, 0.1) is 21.3 Å². The minimum atomic E-state index is -3.93. The fraction of sp³-hybridized carbons (Fsp3) is 0.143. The van der Waals surface area contributed by atoms with Crippen molar-refractivity contribution in [2.75, 3.05) is 15.6 Å². The van der Waals surface area contributed by atoms with Crippen molar-refractivity contribution < 1.29 is 16.8 Å². The highest BCUT2D eigenvalue weighted by Crippen LogP contribution is 2.35. The number of sulfonamides is 2. The normalized spacial score (nSPS) is 14.2. The molecule has 0 fully saturated rings. The number of hydrogen-bond donors (Lipinski definition) is 1. The van der Waals surface area contributed by atoms with Crippen molar-refractivity contribution >= 4 is 43.0 Å². The number of nitrogens with zero attached hydrogens (tertiary/aromatic N) is 1. The third-order valence-electron chi connectivity index (χ3n) is 4.87. The SMILES string of the molecule is O=S(=O)(Nc1ccc2c(c1)N(S(=O)(=O)c1ccccc1)CCC2)c1ccccc1Cl. The molecular formula is C21H19ClN2O4S2. The number of benzene rings is 3. The molecule has 4 rings (SSSR count). The van der Waals surface area contributed by atoms with E-state index in [4.69, 9.17) is 11.6 Å². The summed E-state index contributed by atoms with van der Waals surface area (Å²) < 4.78 is 55.7. The van der Waals surface area contributed by atoms with Crippen LogP contribution in [0, 0.1) is 0 Å². The van der Waals surface area contributed by atoms with E-state index in [0.29, 0.717) is 25.1 Å². The van der Waals surface area contributed by atoms with E-state index in [1.807, 2.05) is 0 Å². The Bertz CT molecular complexity index is 1290. The van der Waals surface area contributed by atoms with E-state index in [1.54, 1.807) is 60.7 Å². The zero-order chi connectivity index (χ0) is 21.4. The first-order valence-electron chi connectivity index (χ1n) is 9.27. The summed E-state index contributed by atoms with van der Waals surface area (Å²) in [6.45, 7) is 0.324. The maximum absolute atomic E-state index is 13.2. The first-order chi connectivity index (χ1) is 14.3. The van der Waals surface area contributed by atoms with Crippen molar-refractivity contribution in [2.24, 2.45) is 0 Å². The van der Waals surface area contributed by atoms with E-state index in [-0.39, 0.29) is 20.5 Å². The van der Waals surface area contributed by atoms with Gasteiger partial charge in [0, 0.05) is 6.54 Å². The highest BCUT2D eigenvalue weighted by Gasteiger charge is 2.29. The quantitative estimate of drug-likeness (QED) is 0.613. The summed E-state index contributed by atoms with van der Waals surface area (Å²) in [7, 11) is -7.69. The molecule has 3 aromatic carbocycles. The molecule has 1 N–H and O–H groups in total. The Morgan fingerprint density at radius 1 is 0.867 bits per heavy atom. The number of rotatable bonds is 5. The third kappa shape index (κ3) is 3.90. The number of hydrogen-bond acceptors (Lipinski definition) is 4. The zero-order valence-corrected chi connectivity index (χ0v) is 18.2. The van der Waals surface area contributed by atoms with Crippen LogP contribution >= 0.6 is 11.6 Å². The molecule has 0 spiro atoms. The lowest BCUT2D eigenvalue weighted by atomic mass is 10.0. The molecule has 0 radical (unpaired) electrons. The predicted molar refractivity (Wildman–Crippen MR) is 118 cm³/mol. The summed E-state index contributed by atoms with van der Waals surface area (Å²) in [5.41, 5.74) is 1.59. The van der Waals surface area contributed by atoms with Gasteiger partial charge >= 0.3 is 0 Å². The van der Waals surface area contributed by atoms with Gasteiger partial charge in [-0.25, -0.2) is 16.8 Å². The molecule has 1 heterocycles. The molecule has 156 valence electrons. The van der Waals surface area contributed by atoms with Crippen LogP contribution in [-0.2, 0) is 26.5 Å². The maximum Gasteiger partial charge on any atom is 0.264 e. The van der Waals surface area contributed by atoms with Crippen molar-refractivity contribution in [3.8, 4) is 0 Å². The smallest absolute Gasteiger partial charge is 0.264 e. The van der Waals surface area contributed by atoms with Crippen LogP contribution in [0.1, 0.15) is 12.0 Å². The second-order valence-electron chi connectivity index (χ2n) is 6.87. The summed E-state index contributed by atoms with van der Waals surface area (Å²) in [6, 6.07) is 19.3. The number of fused-ring (bicyclic) bond motifs is 1. The molecule has 0 amide bonds. The lowest BCUT2D eigenvalue weighted by Crippen LogP contribution is -2.35. The van der Waals surface area contributed by atoms with E-state index in [9.17, 15) is 16.8 Å². The average molecular weight is 463 g/mol. The first kappa shape index (κ1) is 20.7. The van der Waals surface area contributed by atoms with Gasteiger partial charge in [-0.1, -0.05) is 48.0 Å². The van der Waals surface area contributed by atoms with E-state index in [0.717, 1.165) is 5.56 Å². The van der Waals surface area contributed by atoms with Gasteiger partial charge in [0.15, 0.2) is 0 Å². The first-order valence-corrected chi connectivity index (χ1v) is 12.6. The lowest BCUT2D eigenvalue weighted by Gasteiger charge is -2.31. The molecule has 1 aliphatic heterocycles. The highest BCUT2D eigenvalue weighted by atomic mass is 35.5. The molecule has 0 atom stereocenters. The molecule has 0 unspecified atom stereocenters. The number of anilines is 2. The van der Waals surface area contributed by atoms with Crippen LogP contribution in [-0.4, -0.2) is 23.4 Å². The Labute approximate surface area is 181 Å². The third-order valence-corrected chi connectivity index (χ3v) is 8.58. The maximum atomic E-state index is 13.2. The number of halogens is 1. The fourth-order valence-electron chi connectivity index (χ4n) is 3.45. The summed E-state index contributed by atoms with van der Waals surface area (Å²) in [5.74, 6) is 0. The van der Waals surface area contributed by atoms with Crippen LogP contribution in [0.15, 0.2) is 82.6 Å². The fourth-order valence-corrected chi connectivity index (χ4v) is 6.57. The van der Waals surface area contributed by atoms with Crippen molar-refractivity contribution in [2.45, 2.75) is 22.6 Å². The van der Waals surface area contributed by atoms with Crippen LogP contribution in [0.5, 0.6) is 0 Å². The minimum Gasteiger partial charge on any atom is -0.280 e. The van der Waals surface area contributed by atoms with Crippen molar-refractivity contribution in [1.29, 1.82) is 0 Å². The molecule has 0 aliphatic carbocycles. The Kier molecular flexibility index (Phi) is 5.48. The van der Waals surface area contributed by atoms with Gasteiger partial charge in [-0.15, -0.1) is 0 Å². The van der Waals surface area contributed by atoms with Crippen molar-refractivity contribution in [3.63, 3.8) is 0 Å². The molecule has 6 nitrogen and oxygen atoms in total. The van der Waals surface area contributed by atoms with Gasteiger partial charge in [0.2, 0.25) is 0 Å². The van der Waals surface area contributed by atoms with Gasteiger partial charge in [-0.2, -0.15) is 0 Å². The largest absolute Gasteiger partial charge is 0.280 e. The van der Waals surface area contributed by atoms with E-state index < -0.39 is 20.0 Å². The molecular weight excluding hydrogens is 444 g/mol. The summed E-state index contributed by atoms with van der Waals surface area (Å²) in [5, 5.41) is 0.108. The summed E-state index contributed by atoms with van der Waals surface area (Å²) in [4.78, 5) is 0.151. The Hall–Kier alpha value is -2.55. The van der Waals surface area contributed by atoms with Gasteiger partial charge in [-0.05, 0) is 54.8 Å². The molecule has 0 saturated carbocycles. The second-order valence-corrected chi connectivity index (χ2v) is 10.8. The zero-order valence-electron chi connectivity index (χ0n) is 15.8. The highest BCUT2D eigenvalue weighted by molar-refractivity contribution is 7.93. The molecule has 0 bridgehead atoms. The van der Waals surface area contributed by atoms with E-state index >= 15 is 0 Å². The van der Waals surface area contributed by atoms with Crippen molar-refractivity contribution in [1.82, 2.24) is 0 Å². The topological polar surface area (TPSA) is 83.6 Å². The van der Waals surface area contributed by atoms with Gasteiger partial charge in [-0.3, -0.25) is 9.03 Å². The van der Waals surface area contributed by atoms with Crippen molar-refractivity contribution in [3.05, 3.63) is 83.4 Å². The predicted octanol–water partition coefficient (Wildman–Crippen LogP) is 4.28. The van der Waals surface area contributed by atoms with Crippen LogP contribution in [0.4, 0.5) is 11.4 Å². The van der Waals surface area contributed by atoms with Crippen LogP contribution in [0.3, 0.4) is 0 Å². The lowest BCUT2D eigenvalue weighted by molar-refractivity contribution is 0.586. The van der Waals surface area contributed by atoms with Gasteiger partial charge in [0.1, 0.15) is 4.90 Å². The van der Waals surface area contributed by atoms with E-state index in [1.165, 1.54) is 16.4 Å². The van der Waals surface area contributed by atoms with Gasteiger partial charge < -0.3 is 0 Å². The van der Waals surface area contributed by atoms with Crippen LogP contribution in [0.25, 0.3) is 0 Å². The summed E-state index contributed by atoms with van der Waals surface area (Å²) in [6.07, 6.45) is 1.40. The molecule has 9 heteroatoms. The molecule has 0 aromatic heterocycles. The average Bonchev–Trinajstić information content (AvgIpc) is 2.73. The Morgan fingerprint density at radius 2 is 1.57 bits per heavy atom. The minimum absolute atomic E-state index is 0.0434. The molecule has 0 saturated heterocycles. The van der Waals surface area contributed by atoms with Crippen LogP contribution in [0.2, 0.25) is 5.02 Å².